The molecule has 1 spiro atoms. The van der Waals surface area contributed by atoms with Crippen molar-refractivity contribution in [2.45, 2.75) is 38.3 Å². The third kappa shape index (κ3) is 2.40. The van der Waals surface area contributed by atoms with E-state index in [2.05, 4.69) is 10.2 Å². The van der Waals surface area contributed by atoms with Crippen LogP contribution in [0.5, 0.6) is 0 Å². The van der Waals surface area contributed by atoms with Gasteiger partial charge in [0, 0.05) is 23.4 Å². The van der Waals surface area contributed by atoms with Gasteiger partial charge in [-0.05, 0) is 50.9 Å². The van der Waals surface area contributed by atoms with Crippen LogP contribution in [-0.4, -0.2) is 40.1 Å². The van der Waals surface area contributed by atoms with E-state index >= 15 is 0 Å². The number of rotatable bonds is 2. The molecule has 2 aromatic rings. The summed E-state index contributed by atoms with van der Waals surface area (Å²) in [7, 11) is 0. The summed E-state index contributed by atoms with van der Waals surface area (Å²) in [5.41, 5.74) is 1.73. The van der Waals surface area contributed by atoms with Crippen molar-refractivity contribution in [3.05, 3.63) is 62.2 Å². The quantitative estimate of drug-likeness (QED) is 0.401. The number of carbonyl (C=O) groups is 3. The van der Waals surface area contributed by atoms with E-state index in [1.54, 1.807) is 0 Å². The van der Waals surface area contributed by atoms with Gasteiger partial charge in [0.05, 0.1) is 22.4 Å². The summed E-state index contributed by atoms with van der Waals surface area (Å²) in [6.07, 6.45) is 1.51. The number of halogens is 1. The molecule has 1 N–H and O–H groups in total. The van der Waals surface area contributed by atoms with Gasteiger partial charge < -0.3 is 5.32 Å². The standard InChI is InChI=1S/C24H21ClN4O5/c1-11-8-12(2)20-14(9-11)24(23(32)26-20)19-18(16-4-3-7-27(16)24)21(30)28(22(19)31)13-5-6-15(25)17(10-13)29(33)34/h5-6,8-10,16,18-19H,3-4,7H2,1-2H3,(H,26,32)/t16-,18-,19+,24-/m1/s1. The summed E-state index contributed by atoms with van der Waals surface area (Å²) in [5.74, 6) is -2.85. The number of anilines is 2. The molecule has 0 radical (unpaired) electrons. The van der Waals surface area contributed by atoms with Crippen molar-refractivity contribution < 1.29 is 19.3 Å². The van der Waals surface area contributed by atoms with Crippen molar-refractivity contribution in [2.24, 2.45) is 11.8 Å². The van der Waals surface area contributed by atoms with Gasteiger partial charge in [0.2, 0.25) is 17.7 Å². The van der Waals surface area contributed by atoms with Crippen LogP contribution in [0.25, 0.3) is 0 Å². The van der Waals surface area contributed by atoms with Crippen molar-refractivity contribution in [1.29, 1.82) is 0 Å². The summed E-state index contributed by atoms with van der Waals surface area (Å²) in [6.45, 7) is 4.47. The summed E-state index contributed by atoms with van der Waals surface area (Å²) in [4.78, 5) is 55.3. The average molecular weight is 481 g/mol. The smallest absolute Gasteiger partial charge is 0.289 e. The molecule has 0 aromatic heterocycles. The van der Waals surface area contributed by atoms with Gasteiger partial charge in [-0.15, -0.1) is 0 Å². The number of nitro groups is 1. The summed E-state index contributed by atoms with van der Waals surface area (Å²) in [5, 5.41) is 14.3. The zero-order chi connectivity index (χ0) is 24.1. The monoisotopic (exact) mass is 480 g/mol. The fourth-order valence-electron chi connectivity index (χ4n) is 6.69. The third-order valence-electron chi connectivity index (χ3n) is 7.83. The predicted molar refractivity (Wildman–Crippen MR) is 124 cm³/mol. The Kier molecular flexibility index (Phi) is 4.29. The number of amides is 3. The number of hydrogen-bond acceptors (Lipinski definition) is 6. The van der Waals surface area contributed by atoms with Crippen LogP contribution >= 0.6 is 11.6 Å². The van der Waals surface area contributed by atoms with E-state index in [1.807, 2.05) is 26.0 Å². The SMILES string of the molecule is Cc1cc(C)c2c(c1)[C@]1(C(=O)N2)[C@@H]2C(=O)N(c3ccc(Cl)c([N+](=O)[O-])c3)C(=O)[C@@H]2[C@H]2CCCN21. The van der Waals surface area contributed by atoms with Gasteiger partial charge in [0.1, 0.15) is 10.6 Å². The Morgan fingerprint density at radius 2 is 1.91 bits per heavy atom. The maximum absolute atomic E-state index is 14.0. The van der Waals surface area contributed by atoms with Gasteiger partial charge in [-0.1, -0.05) is 29.3 Å². The molecule has 9 nitrogen and oxygen atoms in total. The van der Waals surface area contributed by atoms with Crippen LogP contribution in [0.2, 0.25) is 5.02 Å². The number of benzene rings is 2. The van der Waals surface area contributed by atoms with Crippen molar-refractivity contribution >= 4 is 46.4 Å². The zero-order valence-corrected chi connectivity index (χ0v) is 19.3. The van der Waals surface area contributed by atoms with Crippen molar-refractivity contribution in [1.82, 2.24) is 4.90 Å². The van der Waals surface area contributed by atoms with Gasteiger partial charge >= 0.3 is 0 Å². The highest BCUT2D eigenvalue weighted by Gasteiger charge is 2.74. The van der Waals surface area contributed by atoms with Gasteiger partial charge in [-0.2, -0.15) is 0 Å². The molecule has 6 rings (SSSR count). The molecule has 3 fully saturated rings. The van der Waals surface area contributed by atoms with Crippen molar-refractivity contribution in [2.75, 3.05) is 16.8 Å². The molecule has 3 saturated heterocycles. The van der Waals surface area contributed by atoms with Gasteiger partial charge in [0.25, 0.3) is 5.69 Å². The van der Waals surface area contributed by atoms with Crippen LogP contribution in [0.15, 0.2) is 30.3 Å². The van der Waals surface area contributed by atoms with Crippen LogP contribution < -0.4 is 10.2 Å². The summed E-state index contributed by atoms with van der Waals surface area (Å²) in [6, 6.07) is 7.55. The Hall–Kier alpha value is -3.30. The number of hydrogen-bond donors (Lipinski definition) is 1. The van der Waals surface area contributed by atoms with Crippen LogP contribution in [0.4, 0.5) is 17.1 Å². The van der Waals surface area contributed by atoms with E-state index in [1.165, 1.54) is 12.1 Å². The molecule has 0 bridgehead atoms. The maximum atomic E-state index is 14.0. The van der Waals surface area contributed by atoms with Crippen LogP contribution in [0.3, 0.4) is 0 Å². The van der Waals surface area contributed by atoms with E-state index in [-0.39, 0.29) is 28.3 Å². The van der Waals surface area contributed by atoms with Crippen molar-refractivity contribution in [3.63, 3.8) is 0 Å². The minimum Gasteiger partial charge on any atom is -0.324 e. The Morgan fingerprint density at radius 1 is 1.15 bits per heavy atom. The third-order valence-corrected chi connectivity index (χ3v) is 8.15. The van der Waals surface area contributed by atoms with E-state index < -0.39 is 34.1 Å². The normalized spacial score (nSPS) is 29.6. The van der Waals surface area contributed by atoms with Gasteiger partial charge in [-0.3, -0.25) is 29.4 Å². The molecule has 4 aliphatic heterocycles. The van der Waals surface area contributed by atoms with Crippen LogP contribution in [0, 0.1) is 35.8 Å². The lowest BCUT2D eigenvalue weighted by Gasteiger charge is -2.36. The lowest BCUT2D eigenvalue weighted by Crippen LogP contribution is -2.54. The number of nitro benzene ring substituents is 1. The summed E-state index contributed by atoms with van der Waals surface area (Å²) < 4.78 is 0. The first-order valence-corrected chi connectivity index (χ1v) is 11.6. The van der Waals surface area contributed by atoms with E-state index in [4.69, 9.17) is 11.6 Å². The average Bonchev–Trinajstić information content (AvgIpc) is 3.48. The minimum absolute atomic E-state index is 0.0819. The Bertz CT molecular complexity index is 1340. The lowest BCUT2D eigenvalue weighted by molar-refractivity contribution is -0.384. The molecule has 10 heteroatoms. The molecule has 4 heterocycles. The molecule has 4 aliphatic rings. The highest BCUT2D eigenvalue weighted by atomic mass is 35.5. The van der Waals surface area contributed by atoms with Crippen molar-refractivity contribution in [3.8, 4) is 0 Å². The molecule has 2 aromatic carbocycles. The molecular weight excluding hydrogens is 460 g/mol. The molecule has 174 valence electrons. The number of nitrogens with zero attached hydrogens (tertiary/aromatic N) is 3. The Balaban J connectivity index is 1.55. The zero-order valence-electron chi connectivity index (χ0n) is 18.5. The lowest BCUT2D eigenvalue weighted by atomic mass is 9.75. The second-order valence-electron chi connectivity index (χ2n) is 9.54. The number of aryl methyl sites for hydroxylation is 2. The highest BCUT2D eigenvalue weighted by molar-refractivity contribution is 6.33. The summed E-state index contributed by atoms with van der Waals surface area (Å²) >= 11 is 5.95. The first-order valence-electron chi connectivity index (χ1n) is 11.2. The van der Waals surface area contributed by atoms with E-state index in [9.17, 15) is 24.5 Å². The van der Waals surface area contributed by atoms with Crippen LogP contribution in [-0.2, 0) is 19.9 Å². The molecular formula is C24H21ClN4O5. The predicted octanol–water partition coefficient (Wildman–Crippen LogP) is 3.30. The number of fused-ring (bicyclic) bond motifs is 7. The first kappa shape index (κ1) is 21.2. The second kappa shape index (κ2) is 6.86. The first-order chi connectivity index (χ1) is 16.2. The Morgan fingerprint density at radius 3 is 2.65 bits per heavy atom. The number of imide groups is 1. The molecule has 0 saturated carbocycles. The molecule has 4 atom stereocenters. The maximum Gasteiger partial charge on any atom is 0.289 e. The second-order valence-corrected chi connectivity index (χ2v) is 9.94. The molecule has 0 unspecified atom stereocenters. The number of carbonyl (C=O) groups excluding carboxylic acids is 3. The molecule has 3 amide bonds. The minimum atomic E-state index is -1.28. The molecule has 34 heavy (non-hydrogen) atoms. The topological polar surface area (TPSA) is 113 Å². The number of nitrogens with one attached hydrogen (secondary N) is 1. The Labute approximate surface area is 199 Å². The van der Waals surface area contributed by atoms with E-state index in [0.717, 1.165) is 34.1 Å². The highest BCUT2D eigenvalue weighted by Crippen LogP contribution is 2.61. The largest absolute Gasteiger partial charge is 0.324 e. The fourth-order valence-corrected chi connectivity index (χ4v) is 6.88. The molecule has 0 aliphatic carbocycles. The van der Waals surface area contributed by atoms with Gasteiger partial charge in [-0.25, -0.2) is 4.90 Å². The van der Waals surface area contributed by atoms with Gasteiger partial charge in [0.15, 0.2) is 0 Å². The van der Waals surface area contributed by atoms with Crippen LogP contribution in [0.1, 0.15) is 29.5 Å². The fraction of sp³-hybridized carbons (Fsp3) is 0.375. The van der Waals surface area contributed by atoms with E-state index in [0.29, 0.717) is 18.7 Å².